The van der Waals surface area contributed by atoms with Gasteiger partial charge in [0.05, 0.1) is 6.54 Å². The topological polar surface area (TPSA) is 72.9 Å². The van der Waals surface area contributed by atoms with E-state index in [0.717, 1.165) is 31.8 Å². The molecule has 1 saturated carbocycles. The van der Waals surface area contributed by atoms with E-state index in [1.54, 1.807) is 6.92 Å². The van der Waals surface area contributed by atoms with E-state index in [1.807, 2.05) is 4.90 Å². The summed E-state index contributed by atoms with van der Waals surface area (Å²) in [6, 6.07) is -0.0998. The molecule has 2 aliphatic rings. The van der Waals surface area contributed by atoms with Gasteiger partial charge in [-0.3, -0.25) is 19.4 Å². The normalized spacial score (nSPS) is 29.0. The number of carboxylic acid groups (broad SMARTS) is 1. The van der Waals surface area contributed by atoms with Crippen LogP contribution in [0.4, 0.5) is 0 Å². The molecule has 0 aromatic heterocycles. The second-order valence-corrected chi connectivity index (χ2v) is 6.85. The summed E-state index contributed by atoms with van der Waals surface area (Å²) in [5, 5.41) is 12.2. The van der Waals surface area contributed by atoms with Gasteiger partial charge in [-0.25, -0.2) is 0 Å². The van der Waals surface area contributed by atoms with Crippen molar-refractivity contribution in [3.05, 3.63) is 0 Å². The molecule has 6 heteroatoms. The van der Waals surface area contributed by atoms with Gasteiger partial charge < -0.3 is 10.4 Å². The molecule has 1 aliphatic heterocycles. The molecule has 1 saturated heterocycles. The van der Waals surface area contributed by atoms with Crippen LogP contribution in [0.5, 0.6) is 0 Å². The smallest absolute Gasteiger partial charge is 0.320 e. The zero-order valence-electron chi connectivity index (χ0n) is 13.8. The Hall–Kier alpha value is -1.14. The molecule has 1 amide bonds. The van der Waals surface area contributed by atoms with Crippen LogP contribution >= 0.6 is 0 Å². The molecular weight excluding hydrogens is 282 g/mol. The first-order valence-electron chi connectivity index (χ1n) is 8.44. The average Bonchev–Trinajstić information content (AvgIpc) is 2.49. The highest BCUT2D eigenvalue weighted by Crippen LogP contribution is 2.23. The lowest BCUT2D eigenvalue weighted by atomic mass is 9.87. The zero-order valence-corrected chi connectivity index (χ0v) is 13.8. The van der Waals surface area contributed by atoms with Crippen molar-refractivity contribution in [2.24, 2.45) is 5.92 Å². The second kappa shape index (κ2) is 7.92. The summed E-state index contributed by atoms with van der Waals surface area (Å²) in [7, 11) is 0. The summed E-state index contributed by atoms with van der Waals surface area (Å²) in [6.45, 7) is 7.36. The number of carboxylic acids is 1. The first-order valence-corrected chi connectivity index (χ1v) is 8.44. The molecule has 2 N–H and O–H groups in total. The molecule has 6 nitrogen and oxygen atoms in total. The van der Waals surface area contributed by atoms with Crippen molar-refractivity contribution in [1.29, 1.82) is 0 Å². The largest absolute Gasteiger partial charge is 0.480 e. The molecule has 22 heavy (non-hydrogen) atoms. The van der Waals surface area contributed by atoms with Gasteiger partial charge in [-0.1, -0.05) is 6.92 Å². The van der Waals surface area contributed by atoms with Crippen LogP contribution in [0.25, 0.3) is 0 Å². The van der Waals surface area contributed by atoms with E-state index in [4.69, 9.17) is 5.11 Å². The van der Waals surface area contributed by atoms with Crippen LogP contribution < -0.4 is 5.32 Å². The highest BCUT2D eigenvalue weighted by molar-refractivity contribution is 5.78. The molecule has 0 bridgehead atoms. The zero-order chi connectivity index (χ0) is 16.1. The molecule has 1 aliphatic carbocycles. The van der Waals surface area contributed by atoms with Crippen LogP contribution in [-0.4, -0.2) is 71.6 Å². The third kappa shape index (κ3) is 4.95. The van der Waals surface area contributed by atoms with E-state index in [-0.39, 0.29) is 5.91 Å². The summed E-state index contributed by atoms with van der Waals surface area (Å²) >= 11 is 0. The van der Waals surface area contributed by atoms with Gasteiger partial charge in [0.2, 0.25) is 5.91 Å². The lowest BCUT2D eigenvalue weighted by molar-refractivity contribution is -0.143. The van der Waals surface area contributed by atoms with Crippen molar-refractivity contribution < 1.29 is 14.7 Å². The standard InChI is InChI=1S/C16H29N3O3/c1-12-3-5-14(6-4-12)17-15(20)11-18-7-9-19(10-8-18)13(2)16(21)22/h12-14H,3-11H2,1-2H3,(H,17,20)(H,21,22). The van der Waals surface area contributed by atoms with E-state index in [0.29, 0.717) is 25.7 Å². The third-order valence-electron chi connectivity index (χ3n) is 5.06. The van der Waals surface area contributed by atoms with Crippen molar-refractivity contribution >= 4 is 11.9 Å². The minimum Gasteiger partial charge on any atom is -0.480 e. The maximum absolute atomic E-state index is 12.1. The second-order valence-electron chi connectivity index (χ2n) is 6.85. The molecule has 126 valence electrons. The van der Waals surface area contributed by atoms with Crippen molar-refractivity contribution in [3.63, 3.8) is 0 Å². The van der Waals surface area contributed by atoms with E-state index >= 15 is 0 Å². The van der Waals surface area contributed by atoms with Crippen molar-refractivity contribution in [2.45, 2.75) is 51.6 Å². The summed E-state index contributed by atoms with van der Waals surface area (Å²) in [4.78, 5) is 27.2. The predicted octanol–water partition coefficient (Wildman–Crippen LogP) is 0.772. The number of aliphatic carboxylic acids is 1. The highest BCUT2D eigenvalue weighted by atomic mass is 16.4. The maximum Gasteiger partial charge on any atom is 0.320 e. The number of rotatable bonds is 5. The Balaban J connectivity index is 1.67. The van der Waals surface area contributed by atoms with Gasteiger partial charge in [-0.2, -0.15) is 0 Å². The average molecular weight is 311 g/mol. The lowest BCUT2D eigenvalue weighted by Gasteiger charge is -2.36. The molecule has 1 atom stereocenters. The minimum atomic E-state index is -0.780. The van der Waals surface area contributed by atoms with Crippen LogP contribution in [0.1, 0.15) is 39.5 Å². The molecule has 0 aromatic rings. The van der Waals surface area contributed by atoms with E-state index in [1.165, 1.54) is 12.8 Å². The Morgan fingerprint density at radius 3 is 2.27 bits per heavy atom. The molecule has 1 unspecified atom stereocenters. The fourth-order valence-corrected chi connectivity index (χ4v) is 3.35. The van der Waals surface area contributed by atoms with Gasteiger partial charge in [-0.15, -0.1) is 0 Å². The Bertz CT molecular complexity index is 386. The monoisotopic (exact) mass is 311 g/mol. The lowest BCUT2D eigenvalue weighted by Crippen LogP contribution is -2.54. The molecule has 0 radical (unpaired) electrons. The Morgan fingerprint density at radius 2 is 1.73 bits per heavy atom. The first kappa shape index (κ1) is 17.2. The minimum absolute atomic E-state index is 0.110. The van der Waals surface area contributed by atoms with Crippen molar-refractivity contribution in [3.8, 4) is 0 Å². The van der Waals surface area contributed by atoms with Crippen molar-refractivity contribution in [2.75, 3.05) is 32.7 Å². The number of amides is 1. The summed E-state index contributed by atoms with van der Waals surface area (Å²) in [5.41, 5.74) is 0. The third-order valence-corrected chi connectivity index (χ3v) is 5.06. The molecular formula is C16H29N3O3. The van der Waals surface area contributed by atoms with E-state index in [9.17, 15) is 9.59 Å². The fraction of sp³-hybridized carbons (Fsp3) is 0.875. The van der Waals surface area contributed by atoms with Gasteiger partial charge in [0, 0.05) is 32.2 Å². The van der Waals surface area contributed by atoms with Gasteiger partial charge >= 0.3 is 5.97 Å². The fourth-order valence-electron chi connectivity index (χ4n) is 3.35. The maximum atomic E-state index is 12.1. The van der Waals surface area contributed by atoms with Crippen LogP contribution in [0.15, 0.2) is 0 Å². The van der Waals surface area contributed by atoms with Crippen LogP contribution in [-0.2, 0) is 9.59 Å². The van der Waals surface area contributed by atoms with E-state index < -0.39 is 12.0 Å². The SMILES string of the molecule is CC1CCC(NC(=O)CN2CCN(C(C)C(=O)O)CC2)CC1. The van der Waals surface area contributed by atoms with Gasteiger partial charge in [-0.05, 0) is 38.5 Å². The summed E-state index contributed by atoms with van der Waals surface area (Å²) < 4.78 is 0. The van der Waals surface area contributed by atoms with Gasteiger partial charge in [0.1, 0.15) is 6.04 Å². The van der Waals surface area contributed by atoms with Gasteiger partial charge in [0.15, 0.2) is 0 Å². The first-order chi connectivity index (χ1) is 10.5. The van der Waals surface area contributed by atoms with E-state index in [2.05, 4.69) is 17.1 Å². The Morgan fingerprint density at radius 1 is 1.14 bits per heavy atom. The molecule has 1 heterocycles. The summed E-state index contributed by atoms with van der Waals surface area (Å²) in [6.07, 6.45) is 4.60. The predicted molar refractivity (Wildman–Crippen MR) is 84.7 cm³/mol. The van der Waals surface area contributed by atoms with Gasteiger partial charge in [0.25, 0.3) is 0 Å². The highest BCUT2D eigenvalue weighted by Gasteiger charge is 2.26. The molecule has 0 spiro atoms. The number of hydrogen-bond acceptors (Lipinski definition) is 4. The quantitative estimate of drug-likeness (QED) is 0.785. The van der Waals surface area contributed by atoms with Crippen molar-refractivity contribution in [1.82, 2.24) is 15.1 Å². The number of nitrogens with one attached hydrogen (secondary N) is 1. The molecule has 2 rings (SSSR count). The number of hydrogen-bond donors (Lipinski definition) is 2. The molecule has 2 fully saturated rings. The van der Waals surface area contributed by atoms with Crippen LogP contribution in [0.2, 0.25) is 0 Å². The number of carbonyl (C=O) groups is 2. The molecule has 0 aromatic carbocycles. The van der Waals surface area contributed by atoms with Crippen LogP contribution in [0.3, 0.4) is 0 Å². The number of piperazine rings is 1. The van der Waals surface area contributed by atoms with Crippen LogP contribution in [0, 0.1) is 5.92 Å². The Labute approximate surface area is 132 Å². The number of carbonyl (C=O) groups excluding carboxylic acids is 1. The number of nitrogens with zero attached hydrogens (tertiary/aromatic N) is 2. The Kier molecular flexibility index (Phi) is 6.20. The summed E-state index contributed by atoms with van der Waals surface area (Å²) in [5.74, 6) is 0.120.